The summed E-state index contributed by atoms with van der Waals surface area (Å²) in [5.74, 6) is -0.654. The van der Waals surface area contributed by atoms with Gasteiger partial charge >= 0.3 is 6.18 Å². The molecule has 0 spiro atoms. The van der Waals surface area contributed by atoms with E-state index >= 15 is 0 Å². The molecule has 1 atom stereocenters. The summed E-state index contributed by atoms with van der Waals surface area (Å²) < 4.78 is 52.6. The van der Waals surface area contributed by atoms with Crippen molar-refractivity contribution in [1.82, 2.24) is 0 Å². The summed E-state index contributed by atoms with van der Waals surface area (Å²) in [6.45, 7) is 0. The molecule has 1 nitrogen and oxygen atoms in total. The van der Waals surface area contributed by atoms with Crippen LogP contribution in [-0.4, -0.2) is 11.3 Å². The van der Waals surface area contributed by atoms with Crippen molar-refractivity contribution in [2.45, 2.75) is 11.8 Å². The first kappa shape index (κ1) is 14.7. The molecule has 106 valence electrons. The minimum Gasteiger partial charge on any atom is -0.373 e. The topological polar surface area (TPSA) is 20.2 Å². The van der Waals surface area contributed by atoms with Gasteiger partial charge in [-0.2, -0.15) is 24.5 Å². The van der Waals surface area contributed by atoms with Gasteiger partial charge in [-0.05, 0) is 29.0 Å². The molecule has 0 saturated carbocycles. The predicted octanol–water partition coefficient (Wildman–Crippen LogP) is 4.35. The van der Waals surface area contributed by atoms with Crippen LogP contribution in [0.2, 0.25) is 0 Å². The van der Waals surface area contributed by atoms with Gasteiger partial charge in [0.1, 0.15) is 5.82 Å². The van der Waals surface area contributed by atoms with Crippen LogP contribution in [0.25, 0.3) is 6.08 Å². The van der Waals surface area contributed by atoms with Crippen LogP contribution >= 0.6 is 11.3 Å². The molecule has 1 heterocycles. The Morgan fingerprint density at radius 3 is 2.35 bits per heavy atom. The molecule has 6 heteroatoms. The van der Waals surface area contributed by atoms with Crippen LogP contribution in [0, 0.1) is 5.82 Å². The maximum absolute atomic E-state index is 13.4. The van der Waals surface area contributed by atoms with Crippen molar-refractivity contribution in [2.24, 2.45) is 0 Å². The molecule has 0 aliphatic carbocycles. The summed E-state index contributed by atoms with van der Waals surface area (Å²) >= 11 is 1.04. The Hall–Kier alpha value is -1.66. The Labute approximate surface area is 116 Å². The van der Waals surface area contributed by atoms with Gasteiger partial charge in [0.2, 0.25) is 5.60 Å². The van der Waals surface area contributed by atoms with Crippen LogP contribution in [-0.2, 0) is 5.60 Å². The molecule has 0 saturated heterocycles. The van der Waals surface area contributed by atoms with Gasteiger partial charge in [0, 0.05) is 11.1 Å². The van der Waals surface area contributed by atoms with Gasteiger partial charge in [-0.1, -0.05) is 24.3 Å². The predicted molar refractivity (Wildman–Crippen MR) is 69.7 cm³/mol. The van der Waals surface area contributed by atoms with Crippen molar-refractivity contribution in [3.8, 4) is 0 Å². The van der Waals surface area contributed by atoms with Gasteiger partial charge < -0.3 is 5.11 Å². The van der Waals surface area contributed by atoms with Crippen molar-refractivity contribution in [3.05, 3.63) is 64.1 Å². The average molecular weight is 302 g/mol. The summed E-state index contributed by atoms with van der Waals surface area (Å²) in [6.07, 6.45) is -3.40. The van der Waals surface area contributed by atoms with Crippen molar-refractivity contribution >= 4 is 17.4 Å². The normalized spacial score (nSPS) is 15.4. The molecule has 0 radical (unpaired) electrons. The van der Waals surface area contributed by atoms with Crippen molar-refractivity contribution in [3.63, 3.8) is 0 Å². The van der Waals surface area contributed by atoms with E-state index < -0.39 is 17.6 Å². The van der Waals surface area contributed by atoms with E-state index in [1.165, 1.54) is 35.0 Å². The van der Waals surface area contributed by atoms with Crippen LogP contribution in [0.5, 0.6) is 0 Å². The third-order valence-corrected chi connectivity index (χ3v) is 3.49. The molecule has 1 aromatic heterocycles. The fraction of sp³-hybridized carbons (Fsp3) is 0.143. The maximum Gasteiger partial charge on any atom is 0.425 e. The van der Waals surface area contributed by atoms with Gasteiger partial charge in [-0.25, -0.2) is 4.39 Å². The zero-order valence-electron chi connectivity index (χ0n) is 10.1. The van der Waals surface area contributed by atoms with E-state index in [9.17, 15) is 22.7 Å². The summed E-state index contributed by atoms with van der Waals surface area (Å²) in [5.41, 5.74) is -3.44. The van der Waals surface area contributed by atoms with E-state index in [0.29, 0.717) is 6.08 Å². The van der Waals surface area contributed by atoms with Gasteiger partial charge in [0.25, 0.3) is 0 Å². The largest absolute Gasteiger partial charge is 0.425 e. The number of alkyl halides is 3. The molecule has 0 aliphatic rings. The molecule has 2 aromatic rings. The van der Waals surface area contributed by atoms with E-state index in [1.807, 2.05) is 0 Å². The molecule has 1 N–H and O–H groups in total. The second-order valence-electron chi connectivity index (χ2n) is 4.13. The van der Waals surface area contributed by atoms with E-state index in [1.54, 1.807) is 0 Å². The second-order valence-corrected chi connectivity index (χ2v) is 4.91. The zero-order chi connectivity index (χ0) is 14.8. The highest BCUT2D eigenvalue weighted by Gasteiger charge is 2.53. The number of halogens is 4. The zero-order valence-corrected chi connectivity index (χ0v) is 10.9. The molecule has 1 unspecified atom stereocenters. The molecule has 0 amide bonds. The Bertz CT molecular complexity index is 604. The standard InChI is InChI=1S/C14H10F4OS/c15-12-4-2-1-3-10(12)5-7-13(19,14(16,17)18)11-6-8-20-9-11/h1-9,19H. The second kappa shape index (κ2) is 5.38. The average Bonchev–Trinajstić information content (AvgIpc) is 2.90. The summed E-state index contributed by atoms with van der Waals surface area (Å²) in [5, 5.41) is 12.6. The molecule has 0 aliphatic heterocycles. The third-order valence-electron chi connectivity index (χ3n) is 2.80. The number of thiophene rings is 1. The van der Waals surface area contributed by atoms with E-state index in [2.05, 4.69) is 0 Å². The quantitative estimate of drug-likeness (QED) is 0.836. The first-order chi connectivity index (χ1) is 9.34. The van der Waals surface area contributed by atoms with Crippen LogP contribution in [0.4, 0.5) is 17.6 Å². The SMILES string of the molecule is OC(C=Cc1ccccc1F)(c1ccsc1)C(F)(F)F. The first-order valence-corrected chi connectivity index (χ1v) is 6.54. The lowest BCUT2D eigenvalue weighted by atomic mass is 9.94. The van der Waals surface area contributed by atoms with Crippen LogP contribution in [0.1, 0.15) is 11.1 Å². The molecule has 2 rings (SSSR count). The lowest BCUT2D eigenvalue weighted by Crippen LogP contribution is -2.40. The number of hydrogen-bond acceptors (Lipinski definition) is 2. The van der Waals surface area contributed by atoms with Crippen LogP contribution in [0.15, 0.2) is 47.2 Å². The first-order valence-electron chi connectivity index (χ1n) is 5.60. The van der Waals surface area contributed by atoms with E-state index in [0.717, 1.165) is 23.5 Å². The number of benzene rings is 1. The fourth-order valence-corrected chi connectivity index (χ4v) is 2.36. The Kier molecular flexibility index (Phi) is 3.96. The summed E-state index contributed by atoms with van der Waals surface area (Å²) in [7, 11) is 0. The van der Waals surface area contributed by atoms with E-state index in [4.69, 9.17) is 0 Å². The molecule has 0 bridgehead atoms. The Morgan fingerprint density at radius 1 is 1.10 bits per heavy atom. The van der Waals surface area contributed by atoms with Crippen LogP contribution < -0.4 is 0 Å². The summed E-state index contributed by atoms with van der Waals surface area (Å²) in [4.78, 5) is 0. The highest BCUT2D eigenvalue weighted by molar-refractivity contribution is 7.08. The molecular formula is C14H10F4OS. The minimum absolute atomic E-state index is 0.0228. The lowest BCUT2D eigenvalue weighted by molar-refractivity contribution is -0.244. The van der Waals surface area contributed by atoms with Gasteiger partial charge in [0.05, 0.1) is 0 Å². The molecule has 20 heavy (non-hydrogen) atoms. The highest BCUT2D eigenvalue weighted by atomic mass is 32.1. The lowest BCUT2D eigenvalue weighted by Gasteiger charge is -2.26. The number of aliphatic hydroxyl groups is 1. The highest BCUT2D eigenvalue weighted by Crippen LogP contribution is 2.41. The van der Waals surface area contributed by atoms with Crippen molar-refractivity contribution in [2.75, 3.05) is 0 Å². The van der Waals surface area contributed by atoms with Gasteiger partial charge in [-0.3, -0.25) is 0 Å². The third kappa shape index (κ3) is 2.76. The molecule has 0 fully saturated rings. The fourth-order valence-electron chi connectivity index (χ4n) is 1.66. The summed E-state index contributed by atoms with van der Waals surface area (Å²) in [6, 6.07) is 6.58. The number of rotatable bonds is 3. The number of hydrogen-bond donors (Lipinski definition) is 1. The van der Waals surface area contributed by atoms with Crippen LogP contribution in [0.3, 0.4) is 0 Å². The minimum atomic E-state index is -4.89. The van der Waals surface area contributed by atoms with Crippen molar-refractivity contribution < 1.29 is 22.7 Å². The maximum atomic E-state index is 13.4. The van der Waals surface area contributed by atoms with Gasteiger partial charge in [-0.15, -0.1) is 0 Å². The smallest absolute Gasteiger partial charge is 0.373 e. The molecule has 1 aromatic carbocycles. The monoisotopic (exact) mass is 302 g/mol. The van der Waals surface area contributed by atoms with Crippen molar-refractivity contribution in [1.29, 1.82) is 0 Å². The Morgan fingerprint density at radius 2 is 1.80 bits per heavy atom. The Balaban J connectivity index is 2.43. The van der Waals surface area contributed by atoms with E-state index in [-0.39, 0.29) is 11.1 Å². The van der Waals surface area contributed by atoms with Gasteiger partial charge in [0.15, 0.2) is 0 Å². The molecular weight excluding hydrogens is 292 g/mol.